The Balaban J connectivity index is 2.39. The average molecular weight is 284 g/mol. The number of hydrogen-bond acceptors (Lipinski definition) is 4. The van der Waals surface area contributed by atoms with Crippen molar-refractivity contribution in [3.63, 3.8) is 0 Å². The fraction of sp³-hybridized carbons (Fsp3) is 0.643. The Morgan fingerprint density at radius 3 is 2.80 bits per heavy atom. The zero-order valence-electron chi connectivity index (χ0n) is 12.3. The predicted octanol–water partition coefficient (Wildman–Crippen LogP) is 1.67. The number of methoxy groups -OCH3 is 1. The molecule has 0 radical (unpaired) electrons. The predicted molar refractivity (Wildman–Crippen MR) is 75.3 cm³/mol. The molecule has 0 bridgehead atoms. The van der Waals surface area contributed by atoms with Gasteiger partial charge in [0.25, 0.3) is 0 Å². The second kappa shape index (κ2) is 8.60. The molecule has 0 aliphatic carbocycles. The number of nitrogens with one attached hydrogen (secondary N) is 2. The lowest BCUT2D eigenvalue weighted by Gasteiger charge is -2.18. The number of rotatable bonds is 8. The van der Waals surface area contributed by atoms with Crippen molar-refractivity contribution in [2.75, 3.05) is 20.3 Å². The number of amides is 2. The molecular formula is C14H24N2O4. The van der Waals surface area contributed by atoms with E-state index in [-0.39, 0.29) is 24.1 Å². The fourth-order valence-corrected chi connectivity index (χ4v) is 1.99. The summed E-state index contributed by atoms with van der Waals surface area (Å²) in [6.07, 6.45) is 1.85. The Morgan fingerprint density at radius 1 is 1.50 bits per heavy atom. The van der Waals surface area contributed by atoms with Crippen LogP contribution in [0.15, 0.2) is 22.8 Å². The van der Waals surface area contributed by atoms with Crippen molar-refractivity contribution in [2.45, 2.75) is 32.4 Å². The van der Waals surface area contributed by atoms with Crippen LogP contribution in [-0.4, -0.2) is 37.5 Å². The summed E-state index contributed by atoms with van der Waals surface area (Å²) in [5, 5.41) is 14.8. The average Bonchev–Trinajstić information content (AvgIpc) is 2.89. The molecule has 0 aliphatic heterocycles. The zero-order chi connectivity index (χ0) is 15.0. The van der Waals surface area contributed by atoms with Crippen LogP contribution in [0.1, 0.15) is 32.1 Å². The van der Waals surface area contributed by atoms with E-state index < -0.39 is 0 Å². The highest BCUT2D eigenvalue weighted by Crippen LogP contribution is 2.13. The van der Waals surface area contributed by atoms with Gasteiger partial charge in [0, 0.05) is 13.7 Å². The number of aliphatic hydroxyl groups is 1. The van der Waals surface area contributed by atoms with Crippen molar-refractivity contribution in [3.8, 4) is 0 Å². The fourth-order valence-electron chi connectivity index (χ4n) is 1.99. The Bertz CT molecular complexity index is 379. The lowest BCUT2D eigenvalue weighted by atomic mass is 10.1. The van der Waals surface area contributed by atoms with Crippen molar-refractivity contribution < 1.29 is 19.1 Å². The highest BCUT2D eigenvalue weighted by molar-refractivity contribution is 5.74. The molecule has 0 spiro atoms. The largest absolute Gasteiger partial charge is 0.467 e. The maximum Gasteiger partial charge on any atom is 0.315 e. The molecule has 0 saturated heterocycles. The van der Waals surface area contributed by atoms with E-state index in [1.807, 2.05) is 6.92 Å². The molecule has 3 atom stereocenters. The van der Waals surface area contributed by atoms with Gasteiger partial charge in [-0.25, -0.2) is 4.79 Å². The van der Waals surface area contributed by atoms with Crippen LogP contribution in [0.5, 0.6) is 0 Å². The standard InChI is InChI=1S/C14H24N2O4/c1-10(7-11(2)17)8-15-14(18)16-12(9-19-3)13-5-4-6-20-13/h4-6,10-12,17H,7-9H2,1-3H3,(H2,15,16,18). The highest BCUT2D eigenvalue weighted by Gasteiger charge is 2.17. The minimum absolute atomic E-state index is 0.213. The normalized spacial score (nSPS) is 15.4. The van der Waals surface area contributed by atoms with Crippen LogP contribution < -0.4 is 10.6 Å². The summed E-state index contributed by atoms with van der Waals surface area (Å²) in [5.74, 6) is 0.865. The Hall–Kier alpha value is -1.53. The SMILES string of the molecule is COCC(NC(=O)NCC(C)CC(C)O)c1ccco1. The lowest BCUT2D eigenvalue weighted by molar-refractivity contribution is 0.154. The van der Waals surface area contributed by atoms with Crippen molar-refractivity contribution in [1.29, 1.82) is 0 Å². The van der Waals surface area contributed by atoms with Crippen molar-refractivity contribution in [3.05, 3.63) is 24.2 Å². The third-order valence-corrected chi connectivity index (χ3v) is 2.88. The van der Waals surface area contributed by atoms with Gasteiger partial charge in [0.05, 0.1) is 19.0 Å². The van der Waals surface area contributed by atoms with E-state index in [2.05, 4.69) is 10.6 Å². The summed E-state index contributed by atoms with van der Waals surface area (Å²) in [5.41, 5.74) is 0. The summed E-state index contributed by atoms with van der Waals surface area (Å²) < 4.78 is 10.3. The van der Waals surface area contributed by atoms with E-state index >= 15 is 0 Å². The third kappa shape index (κ3) is 6.08. The summed E-state index contributed by atoms with van der Waals surface area (Å²) in [6, 6.07) is 2.96. The van der Waals surface area contributed by atoms with Crippen LogP contribution in [0.4, 0.5) is 4.79 Å². The van der Waals surface area contributed by atoms with Crippen molar-refractivity contribution >= 4 is 6.03 Å². The number of aliphatic hydroxyl groups excluding tert-OH is 1. The Kier molecular flexibility index (Phi) is 7.11. The maximum absolute atomic E-state index is 11.8. The number of carbonyl (C=O) groups is 1. The van der Waals surface area contributed by atoms with Gasteiger partial charge in [-0.2, -0.15) is 0 Å². The summed E-state index contributed by atoms with van der Waals surface area (Å²) in [4.78, 5) is 11.8. The number of urea groups is 1. The van der Waals surface area contributed by atoms with Crippen LogP contribution in [0.3, 0.4) is 0 Å². The topological polar surface area (TPSA) is 83.7 Å². The van der Waals surface area contributed by atoms with Crippen LogP contribution in [0, 0.1) is 5.92 Å². The first kappa shape index (κ1) is 16.5. The summed E-state index contributed by atoms with van der Waals surface area (Å²) in [7, 11) is 1.57. The smallest absolute Gasteiger partial charge is 0.315 e. The van der Waals surface area contributed by atoms with Crippen molar-refractivity contribution in [2.24, 2.45) is 5.92 Å². The lowest BCUT2D eigenvalue weighted by Crippen LogP contribution is -2.41. The minimum Gasteiger partial charge on any atom is -0.467 e. The molecular weight excluding hydrogens is 260 g/mol. The van der Waals surface area contributed by atoms with Crippen molar-refractivity contribution in [1.82, 2.24) is 10.6 Å². The first-order valence-corrected chi connectivity index (χ1v) is 6.77. The third-order valence-electron chi connectivity index (χ3n) is 2.88. The molecule has 114 valence electrons. The van der Waals surface area contributed by atoms with Gasteiger partial charge in [-0.3, -0.25) is 0 Å². The highest BCUT2D eigenvalue weighted by atomic mass is 16.5. The number of carbonyl (C=O) groups excluding carboxylic acids is 1. The van der Waals surface area contributed by atoms with Gasteiger partial charge in [0.2, 0.25) is 0 Å². The Labute approximate surface area is 119 Å². The van der Waals surface area contributed by atoms with E-state index in [9.17, 15) is 9.90 Å². The zero-order valence-corrected chi connectivity index (χ0v) is 12.3. The van der Waals surface area contributed by atoms with Gasteiger partial charge in [-0.15, -0.1) is 0 Å². The van der Waals surface area contributed by atoms with Crippen LogP contribution in [0.2, 0.25) is 0 Å². The van der Waals surface area contributed by atoms with E-state index in [0.717, 1.165) is 0 Å². The number of ether oxygens (including phenoxy) is 1. The molecule has 1 aromatic heterocycles. The molecule has 3 N–H and O–H groups in total. The molecule has 0 saturated carbocycles. The summed E-state index contributed by atoms with van der Waals surface area (Å²) >= 11 is 0. The second-order valence-electron chi connectivity index (χ2n) is 5.07. The van der Waals surface area contributed by atoms with Crippen LogP contribution in [-0.2, 0) is 4.74 Å². The summed E-state index contributed by atoms with van der Waals surface area (Å²) in [6.45, 7) is 4.56. The maximum atomic E-state index is 11.8. The minimum atomic E-state index is -0.362. The number of furan rings is 1. The van der Waals surface area contributed by atoms with Gasteiger partial charge in [-0.05, 0) is 31.4 Å². The molecule has 0 fully saturated rings. The van der Waals surface area contributed by atoms with Gasteiger partial charge in [-0.1, -0.05) is 6.92 Å². The van der Waals surface area contributed by atoms with E-state index in [4.69, 9.17) is 9.15 Å². The van der Waals surface area contributed by atoms with Gasteiger partial charge in [0.1, 0.15) is 11.8 Å². The van der Waals surface area contributed by atoms with Gasteiger partial charge in [0.15, 0.2) is 0 Å². The molecule has 2 amide bonds. The molecule has 20 heavy (non-hydrogen) atoms. The Morgan fingerprint density at radius 2 is 2.25 bits per heavy atom. The molecule has 6 heteroatoms. The van der Waals surface area contributed by atoms with E-state index in [0.29, 0.717) is 25.3 Å². The van der Waals surface area contributed by atoms with E-state index in [1.165, 1.54) is 0 Å². The molecule has 0 aliphatic rings. The molecule has 1 heterocycles. The molecule has 6 nitrogen and oxygen atoms in total. The quantitative estimate of drug-likeness (QED) is 0.678. The van der Waals surface area contributed by atoms with E-state index in [1.54, 1.807) is 32.4 Å². The molecule has 1 rings (SSSR count). The monoisotopic (exact) mass is 284 g/mol. The second-order valence-corrected chi connectivity index (χ2v) is 5.07. The van der Waals surface area contributed by atoms with Crippen LogP contribution in [0.25, 0.3) is 0 Å². The van der Waals surface area contributed by atoms with Gasteiger partial charge >= 0.3 is 6.03 Å². The molecule has 0 aromatic carbocycles. The number of hydrogen-bond donors (Lipinski definition) is 3. The molecule has 1 aromatic rings. The van der Waals surface area contributed by atoms with Gasteiger partial charge < -0.3 is 24.9 Å². The first-order valence-electron chi connectivity index (χ1n) is 6.77. The molecule has 3 unspecified atom stereocenters. The first-order chi connectivity index (χ1) is 9.52. The van der Waals surface area contributed by atoms with Crippen LogP contribution >= 0.6 is 0 Å².